The van der Waals surface area contributed by atoms with Gasteiger partial charge < -0.3 is 14.4 Å². The summed E-state index contributed by atoms with van der Waals surface area (Å²) in [5.74, 6) is 4.44. The Hall–Kier alpha value is -2.00. The van der Waals surface area contributed by atoms with E-state index in [1.54, 1.807) is 0 Å². The van der Waals surface area contributed by atoms with Gasteiger partial charge in [-0.25, -0.2) is 0 Å². The minimum atomic E-state index is 0.335. The smallest absolute Gasteiger partial charge is 0.231 e. The molecule has 2 bridgehead atoms. The minimum Gasteiger partial charge on any atom is -0.454 e. The van der Waals surface area contributed by atoms with Gasteiger partial charge in [0.15, 0.2) is 11.5 Å². The maximum Gasteiger partial charge on any atom is 0.231 e. The Morgan fingerprint density at radius 1 is 0.821 bits per heavy atom. The Bertz CT molecular complexity index is 871. The zero-order chi connectivity index (χ0) is 18.5. The van der Waals surface area contributed by atoms with Crippen molar-refractivity contribution < 1.29 is 9.47 Å². The molecule has 2 heterocycles. The van der Waals surface area contributed by atoms with Crippen LogP contribution in [0.5, 0.6) is 11.5 Å². The van der Waals surface area contributed by atoms with E-state index in [9.17, 15) is 0 Å². The molecule has 3 fully saturated rings. The van der Waals surface area contributed by atoms with Crippen LogP contribution in [0.25, 0.3) is 11.1 Å². The van der Waals surface area contributed by atoms with E-state index in [1.807, 2.05) is 6.07 Å². The summed E-state index contributed by atoms with van der Waals surface area (Å²) in [5.41, 5.74) is 4.11. The van der Waals surface area contributed by atoms with E-state index in [4.69, 9.17) is 9.47 Å². The molecule has 0 aromatic heterocycles. The molecule has 2 aromatic carbocycles. The molecule has 4 aliphatic rings. The normalized spacial score (nSPS) is 29.5. The fraction of sp³-hybridized carbons (Fsp3) is 0.520. The number of piperidine rings is 1. The largest absolute Gasteiger partial charge is 0.454 e. The van der Waals surface area contributed by atoms with Crippen LogP contribution in [-0.4, -0.2) is 30.8 Å². The summed E-state index contributed by atoms with van der Waals surface area (Å²) in [6.07, 6.45) is 8.55. The molecule has 2 saturated carbocycles. The van der Waals surface area contributed by atoms with E-state index in [0.717, 1.165) is 29.4 Å². The van der Waals surface area contributed by atoms with Gasteiger partial charge in [-0.3, -0.25) is 0 Å². The molecule has 0 amide bonds. The number of rotatable bonds is 3. The van der Waals surface area contributed by atoms with Crippen LogP contribution < -0.4 is 9.47 Å². The van der Waals surface area contributed by atoms with Crippen molar-refractivity contribution in [1.29, 1.82) is 0 Å². The molecular formula is C25H29NO2. The fourth-order valence-corrected chi connectivity index (χ4v) is 6.38. The highest BCUT2D eigenvalue weighted by molar-refractivity contribution is 5.71. The summed E-state index contributed by atoms with van der Waals surface area (Å²) in [6.45, 7) is 2.88. The van der Waals surface area contributed by atoms with Crippen molar-refractivity contribution in [3.8, 4) is 22.6 Å². The summed E-state index contributed by atoms with van der Waals surface area (Å²) >= 11 is 0. The van der Waals surface area contributed by atoms with Crippen molar-refractivity contribution in [1.82, 2.24) is 4.90 Å². The lowest BCUT2D eigenvalue weighted by Gasteiger charge is -2.40. The van der Waals surface area contributed by atoms with Gasteiger partial charge in [0.25, 0.3) is 0 Å². The highest BCUT2D eigenvalue weighted by atomic mass is 16.7. The molecule has 2 aliphatic heterocycles. The average Bonchev–Trinajstić information content (AvgIpc) is 3.50. The summed E-state index contributed by atoms with van der Waals surface area (Å²) < 4.78 is 11.1. The molecule has 0 spiro atoms. The van der Waals surface area contributed by atoms with Crippen molar-refractivity contribution in [2.75, 3.05) is 19.9 Å². The molecule has 2 aromatic rings. The van der Waals surface area contributed by atoms with E-state index in [2.05, 4.69) is 41.3 Å². The molecular weight excluding hydrogens is 346 g/mol. The molecule has 0 radical (unpaired) electrons. The molecule has 0 N–H and O–H groups in total. The van der Waals surface area contributed by atoms with Gasteiger partial charge in [0.2, 0.25) is 6.79 Å². The maximum absolute atomic E-state index is 5.61. The number of hydrogen-bond acceptors (Lipinski definition) is 3. The Morgan fingerprint density at radius 3 is 2.50 bits per heavy atom. The summed E-state index contributed by atoms with van der Waals surface area (Å²) in [4.78, 5) is 2.84. The van der Waals surface area contributed by atoms with Gasteiger partial charge in [0.1, 0.15) is 0 Å². The Kier molecular flexibility index (Phi) is 4.11. The predicted molar refractivity (Wildman–Crippen MR) is 111 cm³/mol. The molecule has 6 rings (SSSR count). The van der Waals surface area contributed by atoms with Gasteiger partial charge in [0.05, 0.1) is 0 Å². The van der Waals surface area contributed by atoms with Crippen molar-refractivity contribution in [3.05, 3.63) is 48.0 Å². The first-order valence-corrected chi connectivity index (χ1v) is 11.1. The zero-order valence-corrected chi connectivity index (χ0v) is 16.5. The summed E-state index contributed by atoms with van der Waals surface area (Å²) in [5, 5.41) is 0. The van der Waals surface area contributed by atoms with Gasteiger partial charge in [-0.1, -0.05) is 36.8 Å². The summed E-state index contributed by atoms with van der Waals surface area (Å²) in [6, 6.07) is 16.2. The number of likely N-dealkylation sites (tertiary alicyclic amines) is 1. The topological polar surface area (TPSA) is 21.7 Å². The highest BCUT2D eigenvalue weighted by Crippen LogP contribution is 2.48. The first kappa shape index (κ1) is 16.9. The van der Waals surface area contributed by atoms with Crippen LogP contribution in [-0.2, 0) is 0 Å². The molecule has 2 aliphatic carbocycles. The second-order valence-electron chi connectivity index (χ2n) is 9.21. The average molecular weight is 376 g/mol. The maximum atomic E-state index is 5.61. The Labute approximate surface area is 167 Å². The molecule has 146 valence electrons. The van der Waals surface area contributed by atoms with E-state index >= 15 is 0 Å². The number of ether oxygens (including phenoxy) is 2. The first-order valence-electron chi connectivity index (χ1n) is 11.1. The minimum absolute atomic E-state index is 0.335. The number of hydrogen-bond donors (Lipinski definition) is 0. The quantitative estimate of drug-likeness (QED) is 0.712. The molecule has 3 heteroatoms. The van der Waals surface area contributed by atoms with Gasteiger partial charge in [-0.05, 0) is 91.8 Å². The van der Waals surface area contributed by atoms with Gasteiger partial charge in [0, 0.05) is 6.04 Å². The summed E-state index contributed by atoms with van der Waals surface area (Å²) in [7, 11) is 0. The fourth-order valence-electron chi connectivity index (χ4n) is 6.38. The Balaban J connectivity index is 1.21. The van der Waals surface area contributed by atoms with Gasteiger partial charge in [-0.15, -0.1) is 0 Å². The van der Waals surface area contributed by atoms with Crippen molar-refractivity contribution >= 4 is 0 Å². The number of benzene rings is 2. The highest BCUT2D eigenvalue weighted by Gasteiger charge is 2.43. The molecule has 3 atom stereocenters. The lowest BCUT2D eigenvalue weighted by Crippen LogP contribution is -2.43. The van der Waals surface area contributed by atoms with Crippen LogP contribution in [0.2, 0.25) is 0 Å². The van der Waals surface area contributed by atoms with E-state index in [1.165, 1.54) is 68.3 Å². The van der Waals surface area contributed by atoms with Crippen LogP contribution in [0.15, 0.2) is 42.5 Å². The number of fused-ring (bicyclic) bond motifs is 3. The lowest BCUT2D eigenvalue weighted by atomic mass is 9.83. The molecule has 28 heavy (non-hydrogen) atoms. The van der Waals surface area contributed by atoms with Gasteiger partial charge >= 0.3 is 0 Å². The van der Waals surface area contributed by atoms with Crippen molar-refractivity contribution in [2.24, 2.45) is 11.8 Å². The van der Waals surface area contributed by atoms with Crippen LogP contribution in [0.1, 0.15) is 50.0 Å². The third-order valence-electron chi connectivity index (χ3n) is 7.78. The van der Waals surface area contributed by atoms with Crippen LogP contribution in [0, 0.1) is 11.8 Å². The third kappa shape index (κ3) is 2.83. The second kappa shape index (κ2) is 6.81. The van der Waals surface area contributed by atoms with Gasteiger partial charge in [-0.2, -0.15) is 0 Å². The lowest BCUT2D eigenvalue weighted by molar-refractivity contribution is 0.111. The predicted octanol–water partition coefficient (Wildman–Crippen LogP) is 5.45. The number of nitrogens with zero attached hydrogens (tertiary/aromatic N) is 1. The standard InChI is InChI=1S/C25H29NO2/c1-2-4-22(19-7-8-24-25(15-19)28-16-27-24)21(3-1)18-9-11-26(12-10-18)23-14-17-5-6-20(23)13-17/h1-4,7-8,15,17-18,20,23H,5-6,9-14,16H2/t17-,20-,23-/m0/s1. The van der Waals surface area contributed by atoms with Crippen LogP contribution >= 0.6 is 0 Å². The van der Waals surface area contributed by atoms with E-state index in [0.29, 0.717) is 12.7 Å². The first-order chi connectivity index (χ1) is 13.8. The van der Waals surface area contributed by atoms with Crippen molar-refractivity contribution in [2.45, 2.75) is 50.5 Å². The molecule has 0 unspecified atom stereocenters. The Morgan fingerprint density at radius 2 is 1.68 bits per heavy atom. The monoisotopic (exact) mass is 375 g/mol. The molecule has 3 nitrogen and oxygen atoms in total. The SMILES string of the molecule is c1ccc(C2CCN([C@H]3C[C@H]4CC[C@H]3C4)CC2)c(-c2ccc3c(c2)OCO3)c1. The van der Waals surface area contributed by atoms with E-state index in [-0.39, 0.29) is 0 Å². The van der Waals surface area contributed by atoms with Crippen LogP contribution in [0.3, 0.4) is 0 Å². The second-order valence-corrected chi connectivity index (χ2v) is 9.21. The molecule has 1 saturated heterocycles. The van der Waals surface area contributed by atoms with Crippen molar-refractivity contribution in [3.63, 3.8) is 0 Å². The van der Waals surface area contributed by atoms with E-state index < -0.39 is 0 Å². The third-order valence-corrected chi connectivity index (χ3v) is 7.78. The van der Waals surface area contributed by atoms with Crippen LogP contribution in [0.4, 0.5) is 0 Å². The zero-order valence-electron chi connectivity index (χ0n) is 16.5.